The molecule has 0 spiro atoms. The van der Waals surface area contributed by atoms with E-state index in [0.29, 0.717) is 6.42 Å². The van der Waals surface area contributed by atoms with E-state index in [1.165, 1.54) is 6.92 Å². The van der Waals surface area contributed by atoms with E-state index >= 15 is 0 Å². The van der Waals surface area contributed by atoms with Crippen LogP contribution < -0.4 is 27.4 Å². The van der Waals surface area contributed by atoms with Gasteiger partial charge in [0.05, 0.1) is 6.10 Å². The number of hydrogen-bond donors (Lipinski definition) is 7. The summed E-state index contributed by atoms with van der Waals surface area (Å²) in [6.07, 6.45) is 3.99. The average molecular weight is 446 g/mol. The lowest BCUT2D eigenvalue weighted by Gasteiger charge is -2.25. The molecular formula is C20H39N5O6. The van der Waals surface area contributed by atoms with E-state index < -0.39 is 42.0 Å². The Morgan fingerprint density at radius 3 is 1.94 bits per heavy atom. The Kier molecular flexibility index (Phi) is 15.3. The fraction of sp³-hybridized carbons (Fsp3) is 0.800. The van der Waals surface area contributed by atoms with Gasteiger partial charge in [-0.15, -0.1) is 0 Å². The van der Waals surface area contributed by atoms with E-state index in [0.717, 1.165) is 25.7 Å². The number of rotatable bonds is 17. The molecule has 180 valence electrons. The minimum absolute atomic E-state index is 0.00827. The van der Waals surface area contributed by atoms with Crippen LogP contribution in [0.2, 0.25) is 0 Å². The molecule has 0 fully saturated rings. The molecule has 0 aliphatic heterocycles. The monoisotopic (exact) mass is 445 g/mol. The number of aliphatic hydroxyl groups is 1. The van der Waals surface area contributed by atoms with Gasteiger partial charge in [-0.1, -0.05) is 32.6 Å². The lowest BCUT2D eigenvalue weighted by atomic mass is 10.1. The molecule has 11 heteroatoms. The fourth-order valence-corrected chi connectivity index (χ4v) is 2.94. The Labute approximate surface area is 183 Å². The van der Waals surface area contributed by atoms with Crippen molar-refractivity contribution < 1.29 is 29.4 Å². The molecule has 0 radical (unpaired) electrons. The number of carbonyl (C=O) groups excluding carboxylic acids is 3. The minimum atomic E-state index is -1.40. The molecule has 0 unspecified atom stereocenters. The highest BCUT2D eigenvalue weighted by Gasteiger charge is 2.31. The molecule has 0 rings (SSSR count). The van der Waals surface area contributed by atoms with Gasteiger partial charge in [0, 0.05) is 6.42 Å². The lowest BCUT2D eigenvalue weighted by molar-refractivity contribution is -0.143. The molecule has 0 saturated heterocycles. The van der Waals surface area contributed by atoms with Crippen molar-refractivity contribution in [3.8, 4) is 0 Å². The van der Waals surface area contributed by atoms with Crippen LogP contribution >= 0.6 is 0 Å². The Balaban J connectivity index is 4.95. The first-order valence-electron chi connectivity index (χ1n) is 10.9. The molecule has 0 heterocycles. The SMILES string of the molecule is CCCCCCCC(=O)N[C@@H](CCN)C(=O)N[C@H](C(=O)N[C@@H](CCN)C(=O)O)[C@@H](C)O. The largest absolute Gasteiger partial charge is 0.480 e. The summed E-state index contributed by atoms with van der Waals surface area (Å²) >= 11 is 0. The number of carbonyl (C=O) groups is 4. The first-order chi connectivity index (χ1) is 14.7. The van der Waals surface area contributed by atoms with Crippen LogP contribution in [0.15, 0.2) is 0 Å². The molecule has 0 aliphatic carbocycles. The van der Waals surface area contributed by atoms with Gasteiger partial charge in [0.1, 0.15) is 18.1 Å². The third kappa shape index (κ3) is 12.3. The van der Waals surface area contributed by atoms with Crippen molar-refractivity contribution in [1.82, 2.24) is 16.0 Å². The Bertz CT molecular complexity index is 572. The van der Waals surface area contributed by atoms with Gasteiger partial charge >= 0.3 is 5.97 Å². The van der Waals surface area contributed by atoms with Crippen LogP contribution in [0.4, 0.5) is 0 Å². The Hall–Kier alpha value is -2.24. The second-order valence-corrected chi connectivity index (χ2v) is 7.57. The summed E-state index contributed by atoms with van der Waals surface area (Å²) in [4.78, 5) is 48.5. The number of aliphatic hydroxyl groups excluding tert-OH is 1. The first-order valence-corrected chi connectivity index (χ1v) is 10.9. The number of carboxylic acid groups (broad SMARTS) is 1. The highest BCUT2D eigenvalue weighted by Crippen LogP contribution is 2.06. The van der Waals surface area contributed by atoms with E-state index in [1.54, 1.807) is 0 Å². The van der Waals surface area contributed by atoms with E-state index in [1.807, 2.05) is 0 Å². The first kappa shape index (κ1) is 28.8. The Morgan fingerprint density at radius 2 is 1.42 bits per heavy atom. The van der Waals surface area contributed by atoms with Crippen molar-refractivity contribution in [2.75, 3.05) is 13.1 Å². The third-order valence-electron chi connectivity index (χ3n) is 4.75. The topological polar surface area (TPSA) is 197 Å². The number of carboxylic acids is 1. The van der Waals surface area contributed by atoms with Crippen LogP contribution in [0.1, 0.15) is 65.2 Å². The molecule has 3 amide bonds. The van der Waals surface area contributed by atoms with Gasteiger partial charge in [0.25, 0.3) is 0 Å². The van der Waals surface area contributed by atoms with Gasteiger partial charge in [0.2, 0.25) is 17.7 Å². The van der Waals surface area contributed by atoms with Crippen molar-refractivity contribution in [3.63, 3.8) is 0 Å². The van der Waals surface area contributed by atoms with Crippen LogP contribution in [-0.4, -0.2) is 71.2 Å². The second kappa shape index (κ2) is 16.5. The van der Waals surface area contributed by atoms with Crippen molar-refractivity contribution in [2.24, 2.45) is 11.5 Å². The summed E-state index contributed by atoms with van der Waals surface area (Å²) < 4.78 is 0. The van der Waals surface area contributed by atoms with Crippen LogP contribution in [0.5, 0.6) is 0 Å². The minimum Gasteiger partial charge on any atom is -0.480 e. The third-order valence-corrected chi connectivity index (χ3v) is 4.75. The molecule has 0 bridgehead atoms. The van der Waals surface area contributed by atoms with E-state index in [4.69, 9.17) is 16.6 Å². The normalized spacial score (nSPS) is 14.7. The maximum Gasteiger partial charge on any atom is 0.326 e. The number of unbranched alkanes of at least 4 members (excludes halogenated alkanes) is 4. The average Bonchev–Trinajstić information content (AvgIpc) is 2.70. The Morgan fingerprint density at radius 1 is 0.839 bits per heavy atom. The second-order valence-electron chi connectivity index (χ2n) is 7.57. The summed E-state index contributed by atoms with van der Waals surface area (Å²) in [6.45, 7) is 3.55. The van der Waals surface area contributed by atoms with Gasteiger partial charge < -0.3 is 37.6 Å². The molecule has 0 aliphatic rings. The van der Waals surface area contributed by atoms with Gasteiger partial charge in [-0.2, -0.15) is 0 Å². The zero-order valence-corrected chi connectivity index (χ0v) is 18.6. The van der Waals surface area contributed by atoms with Crippen molar-refractivity contribution in [2.45, 2.75) is 89.4 Å². The van der Waals surface area contributed by atoms with E-state index in [-0.39, 0.29) is 38.3 Å². The molecule has 0 saturated carbocycles. The van der Waals surface area contributed by atoms with Crippen molar-refractivity contribution >= 4 is 23.7 Å². The molecule has 4 atom stereocenters. The summed E-state index contributed by atoms with van der Waals surface area (Å²) in [7, 11) is 0. The van der Waals surface area contributed by atoms with Crippen molar-refractivity contribution in [3.05, 3.63) is 0 Å². The van der Waals surface area contributed by atoms with Gasteiger partial charge in [-0.25, -0.2) is 4.79 Å². The summed E-state index contributed by atoms with van der Waals surface area (Å²) in [6, 6.07) is -3.62. The predicted octanol–water partition coefficient (Wildman–Crippen LogP) is -1.04. The number of aliphatic carboxylic acids is 1. The quantitative estimate of drug-likeness (QED) is 0.138. The molecule has 11 nitrogen and oxygen atoms in total. The molecule has 0 aromatic heterocycles. The summed E-state index contributed by atoms with van der Waals surface area (Å²) in [5.74, 6) is -3.12. The van der Waals surface area contributed by atoms with Gasteiger partial charge in [-0.05, 0) is 39.3 Å². The molecular weight excluding hydrogens is 406 g/mol. The smallest absolute Gasteiger partial charge is 0.326 e. The predicted molar refractivity (Wildman–Crippen MR) is 116 cm³/mol. The molecule has 0 aromatic carbocycles. The highest BCUT2D eigenvalue weighted by atomic mass is 16.4. The highest BCUT2D eigenvalue weighted by molar-refractivity contribution is 5.93. The lowest BCUT2D eigenvalue weighted by Crippen LogP contribution is -2.59. The standard InChI is InChI=1S/C20H39N5O6/c1-3-4-5-6-7-8-16(27)23-14(9-11-21)18(28)25-17(13(2)26)19(29)24-15(10-12-22)20(30)31/h13-15,17,26H,3-12,21-22H2,1-2H3,(H,23,27)(H,24,29)(H,25,28)(H,30,31)/t13-,14+,15+,17+/m1/s1. The van der Waals surface area contributed by atoms with E-state index in [2.05, 4.69) is 22.9 Å². The number of nitrogens with two attached hydrogens (primary N) is 2. The zero-order valence-electron chi connectivity index (χ0n) is 18.6. The van der Waals surface area contributed by atoms with Crippen LogP contribution in [0.25, 0.3) is 0 Å². The van der Waals surface area contributed by atoms with Crippen LogP contribution in [-0.2, 0) is 19.2 Å². The summed E-state index contributed by atoms with van der Waals surface area (Å²) in [5.41, 5.74) is 10.9. The van der Waals surface area contributed by atoms with Gasteiger partial charge in [-0.3, -0.25) is 14.4 Å². The number of amides is 3. The van der Waals surface area contributed by atoms with Gasteiger partial charge in [0.15, 0.2) is 0 Å². The van der Waals surface area contributed by atoms with Crippen LogP contribution in [0.3, 0.4) is 0 Å². The zero-order chi connectivity index (χ0) is 23.8. The number of hydrogen-bond acceptors (Lipinski definition) is 7. The molecule has 31 heavy (non-hydrogen) atoms. The van der Waals surface area contributed by atoms with Crippen LogP contribution in [0, 0.1) is 0 Å². The molecule has 9 N–H and O–H groups in total. The van der Waals surface area contributed by atoms with Crippen molar-refractivity contribution in [1.29, 1.82) is 0 Å². The molecule has 0 aromatic rings. The number of nitrogens with one attached hydrogen (secondary N) is 3. The summed E-state index contributed by atoms with van der Waals surface area (Å²) in [5, 5.41) is 26.3. The maximum absolute atomic E-state index is 12.6. The maximum atomic E-state index is 12.6. The fourth-order valence-electron chi connectivity index (χ4n) is 2.94. The van der Waals surface area contributed by atoms with E-state index in [9.17, 15) is 24.3 Å².